The van der Waals surface area contributed by atoms with Crippen molar-refractivity contribution in [1.82, 2.24) is 14.5 Å². The van der Waals surface area contributed by atoms with Crippen molar-refractivity contribution in [3.8, 4) is 0 Å². The van der Waals surface area contributed by atoms with Gasteiger partial charge in [-0.05, 0) is 67.2 Å². The number of hydrogen-bond acceptors (Lipinski definition) is 5. The topological polar surface area (TPSA) is 112 Å². The van der Waals surface area contributed by atoms with E-state index in [0.29, 0.717) is 12.4 Å². The zero-order valence-electron chi connectivity index (χ0n) is 15.6. The Kier molecular flexibility index (Phi) is 4.08. The first-order valence-corrected chi connectivity index (χ1v) is 11.4. The van der Waals surface area contributed by atoms with Crippen molar-refractivity contribution in [1.29, 1.82) is 4.78 Å². The SMILES string of the molecule is N=S(=O)(NC(=O)Nc1c2c(cc3c1CCC3)CCC2)c1cnn2c1NCCC2. The summed E-state index contributed by atoms with van der Waals surface area (Å²) in [7, 11) is -3.51. The number of hydrogen-bond donors (Lipinski definition) is 4. The number of carbonyl (C=O) groups excluding carboxylic acids is 1. The molecule has 3 aliphatic rings. The molecule has 2 amide bonds. The molecule has 148 valence electrons. The van der Waals surface area contributed by atoms with Crippen molar-refractivity contribution in [2.45, 2.75) is 56.4 Å². The zero-order valence-corrected chi connectivity index (χ0v) is 16.5. The molecule has 1 aliphatic heterocycles. The quantitative estimate of drug-likeness (QED) is 0.635. The molecule has 28 heavy (non-hydrogen) atoms. The monoisotopic (exact) mass is 400 g/mol. The van der Waals surface area contributed by atoms with Crippen molar-refractivity contribution in [2.24, 2.45) is 0 Å². The van der Waals surface area contributed by atoms with Crippen LogP contribution in [0.25, 0.3) is 0 Å². The van der Waals surface area contributed by atoms with Gasteiger partial charge in [0.2, 0.25) is 0 Å². The molecule has 2 heterocycles. The van der Waals surface area contributed by atoms with Crippen molar-refractivity contribution in [3.63, 3.8) is 0 Å². The molecule has 8 nitrogen and oxygen atoms in total. The first-order valence-electron chi connectivity index (χ1n) is 9.86. The molecule has 1 aromatic carbocycles. The summed E-state index contributed by atoms with van der Waals surface area (Å²) in [5, 5.41) is 10.3. The number of aryl methyl sites for hydroxylation is 3. The van der Waals surface area contributed by atoms with Crippen LogP contribution in [0.3, 0.4) is 0 Å². The van der Waals surface area contributed by atoms with Crippen LogP contribution >= 0.6 is 0 Å². The maximum atomic E-state index is 13.0. The molecule has 2 aromatic rings. The van der Waals surface area contributed by atoms with Gasteiger partial charge in [0.15, 0.2) is 9.92 Å². The molecule has 0 saturated heterocycles. The van der Waals surface area contributed by atoms with Crippen molar-refractivity contribution < 1.29 is 9.00 Å². The average molecular weight is 401 g/mol. The Morgan fingerprint density at radius 2 is 1.86 bits per heavy atom. The van der Waals surface area contributed by atoms with Crippen LogP contribution < -0.4 is 15.4 Å². The van der Waals surface area contributed by atoms with Crippen LogP contribution in [0.4, 0.5) is 16.3 Å². The fourth-order valence-corrected chi connectivity index (χ4v) is 5.72. The number of rotatable bonds is 3. The minimum atomic E-state index is -3.51. The third kappa shape index (κ3) is 2.85. The second-order valence-electron chi connectivity index (χ2n) is 7.71. The molecule has 0 spiro atoms. The summed E-state index contributed by atoms with van der Waals surface area (Å²) in [5.41, 5.74) is 5.93. The van der Waals surface area contributed by atoms with Crippen LogP contribution in [-0.2, 0) is 42.1 Å². The van der Waals surface area contributed by atoms with Crippen LogP contribution in [0.15, 0.2) is 17.2 Å². The minimum absolute atomic E-state index is 0.228. The molecule has 1 aromatic heterocycles. The van der Waals surface area contributed by atoms with Gasteiger partial charge in [0.25, 0.3) is 0 Å². The molecule has 9 heteroatoms. The predicted molar refractivity (Wildman–Crippen MR) is 107 cm³/mol. The first-order chi connectivity index (χ1) is 13.5. The molecule has 0 bridgehead atoms. The van der Waals surface area contributed by atoms with Crippen LogP contribution in [0.5, 0.6) is 0 Å². The van der Waals surface area contributed by atoms with E-state index >= 15 is 0 Å². The molecule has 0 saturated carbocycles. The second kappa shape index (κ2) is 6.51. The highest BCUT2D eigenvalue weighted by Gasteiger charge is 2.27. The van der Waals surface area contributed by atoms with Gasteiger partial charge in [-0.3, -0.25) is 0 Å². The molecule has 0 fully saturated rings. The van der Waals surface area contributed by atoms with E-state index in [1.165, 1.54) is 28.5 Å². The Balaban J connectivity index is 1.41. The highest BCUT2D eigenvalue weighted by molar-refractivity contribution is 7.91. The van der Waals surface area contributed by atoms with E-state index in [-0.39, 0.29) is 4.90 Å². The number of aromatic nitrogens is 2. The summed E-state index contributed by atoms with van der Waals surface area (Å²) in [6, 6.07) is 1.71. The van der Waals surface area contributed by atoms with E-state index in [1.807, 2.05) is 0 Å². The van der Waals surface area contributed by atoms with Crippen LogP contribution in [-0.4, -0.2) is 26.6 Å². The average Bonchev–Trinajstić information content (AvgIpc) is 3.39. The number of nitrogens with one attached hydrogen (secondary N) is 4. The highest BCUT2D eigenvalue weighted by atomic mass is 32.2. The summed E-state index contributed by atoms with van der Waals surface area (Å²) < 4.78 is 25.4. The lowest BCUT2D eigenvalue weighted by atomic mass is 9.99. The molecule has 1 unspecified atom stereocenters. The van der Waals surface area contributed by atoms with Gasteiger partial charge in [0.05, 0.1) is 6.20 Å². The first kappa shape index (κ1) is 17.5. The Morgan fingerprint density at radius 3 is 2.57 bits per heavy atom. The molecule has 1 atom stereocenters. The summed E-state index contributed by atoms with van der Waals surface area (Å²) >= 11 is 0. The van der Waals surface area contributed by atoms with E-state index in [2.05, 4.69) is 26.5 Å². The highest BCUT2D eigenvalue weighted by Crippen LogP contribution is 2.38. The number of carbonyl (C=O) groups is 1. The van der Waals surface area contributed by atoms with Gasteiger partial charge in [0, 0.05) is 18.8 Å². The minimum Gasteiger partial charge on any atom is -0.369 e. The second-order valence-corrected chi connectivity index (χ2v) is 9.46. The number of fused-ring (bicyclic) bond motifs is 3. The maximum absolute atomic E-state index is 13.0. The van der Waals surface area contributed by atoms with Gasteiger partial charge in [0.1, 0.15) is 10.7 Å². The van der Waals surface area contributed by atoms with Crippen LogP contribution in [0.2, 0.25) is 0 Å². The molecule has 4 N–H and O–H groups in total. The molecule has 0 radical (unpaired) electrons. The van der Waals surface area contributed by atoms with Crippen LogP contribution in [0.1, 0.15) is 41.5 Å². The van der Waals surface area contributed by atoms with Gasteiger partial charge in [-0.25, -0.2) is 23.2 Å². The van der Waals surface area contributed by atoms with Crippen molar-refractivity contribution in [2.75, 3.05) is 17.2 Å². The van der Waals surface area contributed by atoms with E-state index in [4.69, 9.17) is 4.78 Å². The summed E-state index contributed by atoms with van der Waals surface area (Å²) in [6.07, 6.45) is 8.53. The third-order valence-electron chi connectivity index (χ3n) is 5.90. The molecular formula is C19H24N6O2S. The zero-order chi connectivity index (χ0) is 19.3. The normalized spacial score (nSPS) is 19.1. The number of benzene rings is 1. The lowest BCUT2D eigenvalue weighted by molar-refractivity contribution is 0.256. The predicted octanol–water partition coefficient (Wildman–Crippen LogP) is 2.82. The van der Waals surface area contributed by atoms with Gasteiger partial charge >= 0.3 is 6.03 Å². The molecule has 5 rings (SSSR count). The lowest BCUT2D eigenvalue weighted by Gasteiger charge is -2.19. The standard InChI is InChI=1S/C19H24N6O2S/c20-28(27,16-11-22-25-9-3-8-21-18(16)25)24-19(26)23-17-14-6-1-4-12(14)10-13-5-2-7-15(13)17/h10-11,21H,1-9H2,(H3,20,23,24,26,27). The molecular weight excluding hydrogens is 376 g/mol. The third-order valence-corrected chi connectivity index (χ3v) is 7.29. The number of urea groups is 1. The van der Waals surface area contributed by atoms with Gasteiger partial charge in [-0.15, -0.1) is 0 Å². The molecule has 2 aliphatic carbocycles. The van der Waals surface area contributed by atoms with E-state index in [9.17, 15) is 9.00 Å². The Labute approximate surface area is 164 Å². The fraction of sp³-hybridized carbons (Fsp3) is 0.474. The number of nitrogens with zero attached hydrogens (tertiary/aromatic N) is 2. The van der Waals surface area contributed by atoms with E-state index in [0.717, 1.165) is 57.2 Å². The van der Waals surface area contributed by atoms with Gasteiger partial charge in [-0.2, -0.15) is 5.10 Å². The van der Waals surface area contributed by atoms with Crippen molar-refractivity contribution in [3.05, 3.63) is 34.5 Å². The Morgan fingerprint density at radius 1 is 1.14 bits per heavy atom. The van der Waals surface area contributed by atoms with Crippen LogP contribution in [0, 0.1) is 4.78 Å². The smallest absolute Gasteiger partial charge is 0.331 e. The van der Waals surface area contributed by atoms with Crippen molar-refractivity contribution >= 4 is 27.5 Å². The fourth-order valence-electron chi connectivity index (χ4n) is 4.65. The van der Waals surface area contributed by atoms with E-state index in [1.54, 1.807) is 4.68 Å². The number of anilines is 2. The lowest BCUT2D eigenvalue weighted by Crippen LogP contribution is -2.34. The van der Waals surface area contributed by atoms with E-state index < -0.39 is 15.9 Å². The summed E-state index contributed by atoms with van der Waals surface area (Å²) in [6.45, 7) is 1.45. The van der Waals surface area contributed by atoms with Gasteiger partial charge < -0.3 is 10.6 Å². The van der Waals surface area contributed by atoms with Gasteiger partial charge in [-0.1, -0.05) is 6.07 Å². The Bertz CT molecular complexity index is 1040. The Hall–Kier alpha value is -2.55. The largest absolute Gasteiger partial charge is 0.369 e. The summed E-state index contributed by atoms with van der Waals surface area (Å²) in [5.74, 6) is 0.563. The number of amides is 2. The maximum Gasteiger partial charge on any atom is 0.331 e. The summed E-state index contributed by atoms with van der Waals surface area (Å²) in [4.78, 5) is 12.9.